The standard InChI is InChI=1S/C13H15N3O3/c1-19-13-5-11(4-12(6-13)16(17)18)9-15-3-2-10(7-14)8-15/h2-6,8H,7,9,14H2,1H3. The molecule has 0 saturated heterocycles. The van der Waals surface area contributed by atoms with E-state index < -0.39 is 4.92 Å². The van der Waals surface area contributed by atoms with Crippen molar-refractivity contribution in [3.05, 3.63) is 57.9 Å². The largest absolute Gasteiger partial charge is 0.496 e. The predicted octanol–water partition coefficient (Wildman–Crippen LogP) is 1.91. The fourth-order valence-electron chi connectivity index (χ4n) is 1.88. The van der Waals surface area contributed by atoms with Crippen molar-refractivity contribution in [2.24, 2.45) is 5.73 Å². The number of nitrogens with zero attached hydrogens (tertiary/aromatic N) is 2. The van der Waals surface area contributed by atoms with Crippen LogP contribution < -0.4 is 10.5 Å². The van der Waals surface area contributed by atoms with E-state index in [4.69, 9.17) is 10.5 Å². The number of benzene rings is 1. The van der Waals surface area contributed by atoms with Gasteiger partial charge in [0, 0.05) is 31.5 Å². The van der Waals surface area contributed by atoms with Crippen molar-refractivity contribution in [3.8, 4) is 5.75 Å². The fourth-order valence-corrected chi connectivity index (χ4v) is 1.88. The summed E-state index contributed by atoms with van der Waals surface area (Å²) >= 11 is 0. The Morgan fingerprint density at radius 1 is 1.37 bits per heavy atom. The van der Waals surface area contributed by atoms with Crippen molar-refractivity contribution in [2.75, 3.05) is 7.11 Å². The lowest BCUT2D eigenvalue weighted by molar-refractivity contribution is -0.385. The van der Waals surface area contributed by atoms with Gasteiger partial charge in [0.25, 0.3) is 5.69 Å². The molecule has 6 nitrogen and oxygen atoms in total. The highest BCUT2D eigenvalue weighted by Crippen LogP contribution is 2.23. The first-order valence-electron chi connectivity index (χ1n) is 5.79. The number of hydrogen-bond donors (Lipinski definition) is 1. The Morgan fingerprint density at radius 2 is 2.16 bits per heavy atom. The molecule has 100 valence electrons. The smallest absolute Gasteiger partial charge is 0.273 e. The zero-order valence-corrected chi connectivity index (χ0v) is 10.6. The minimum absolute atomic E-state index is 0.0283. The molecule has 2 aromatic rings. The van der Waals surface area contributed by atoms with Crippen molar-refractivity contribution in [3.63, 3.8) is 0 Å². The maximum Gasteiger partial charge on any atom is 0.273 e. The maximum absolute atomic E-state index is 10.9. The average Bonchev–Trinajstić information content (AvgIpc) is 2.85. The average molecular weight is 261 g/mol. The van der Waals surface area contributed by atoms with E-state index in [1.807, 2.05) is 23.0 Å². The molecular weight excluding hydrogens is 246 g/mol. The summed E-state index contributed by atoms with van der Waals surface area (Å²) in [5.74, 6) is 0.482. The van der Waals surface area contributed by atoms with Crippen LogP contribution >= 0.6 is 0 Å². The van der Waals surface area contributed by atoms with Crippen LogP contribution in [0.15, 0.2) is 36.7 Å². The number of rotatable bonds is 5. The second-order valence-corrected chi connectivity index (χ2v) is 4.19. The van der Waals surface area contributed by atoms with E-state index >= 15 is 0 Å². The quantitative estimate of drug-likeness (QED) is 0.658. The lowest BCUT2D eigenvalue weighted by Gasteiger charge is -2.06. The summed E-state index contributed by atoms with van der Waals surface area (Å²) < 4.78 is 7.01. The monoisotopic (exact) mass is 261 g/mol. The molecule has 1 heterocycles. The molecule has 6 heteroatoms. The first kappa shape index (κ1) is 13.1. The third-order valence-corrected chi connectivity index (χ3v) is 2.81. The molecule has 0 saturated carbocycles. The van der Waals surface area contributed by atoms with Gasteiger partial charge in [-0.3, -0.25) is 10.1 Å². The van der Waals surface area contributed by atoms with Crippen LogP contribution in [0.4, 0.5) is 5.69 Å². The number of nitro groups is 1. The third kappa shape index (κ3) is 3.11. The number of nitrogens with two attached hydrogens (primary N) is 1. The van der Waals surface area contributed by atoms with Gasteiger partial charge in [0.05, 0.1) is 18.1 Å². The molecule has 0 fully saturated rings. The van der Waals surface area contributed by atoms with E-state index in [1.54, 1.807) is 12.1 Å². The van der Waals surface area contributed by atoms with E-state index in [0.29, 0.717) is 18.8 Å². The van der Waals surface area contributed by atoms with Crippen LogP contribution in [0.1, 0.15) is 11.1 Å². The Labute approximate surface area is 110 Å². The van der Waals surface area contributed by atoms with E-state index in [2.05, 4.69) is 0 Å². The Bertz CT molecular complexity index is 593. The fraction of sp³-hybridized carbons (Fsp3) is 0.231. The van der Waals surface area contributed by atoms with Gasteiger partial charge in [-0.15, -0.1) is 0 Å². The van der Waals surface area contributed by atoms with Crippen LogP contribution in [0.5, 0.6) is 5.75 Å². The van der Waals surface area contributed by atoms with Gasteiger partial charge >= 0.3 is 0 Å². The molecule has 0 atom stereocenters. The molecule has 1 aromatic carbocycles. The van der Waals surface area contributed by atoms with Crippen molar-refractivity contribution in [1.82, 2.24) is 4.57 Å². The first-order valence-corrected chi connectivity index (χ1v) is 5.79. The molecule has 2 N–H and O–H groups in total. The van der Waals surface area contributed by atoms with Gasteiger partial charge in [0.1, 0.15) is 5.75 Å². The summed E-state index contributed by atoms with van der Waals surface area (Å²) in [6.07, 6.45) is 3.82. The van der Waals surface area contributed by atoms with Gasteiger partial charge in [0.15, 0.2) is 0 Å². The number of nitro benzene ring substituents is 1. The van der Waals surface area contributed by atoms with Crippen LogP contribution in [-0.2, 0) is 13.1 Å². The van der Waals surface area contributed by atoms with Gasteiger partial charge in [-0.2, -0.15) is 0 Å². The number of aromatic nitrogens is 1. The van der Waals surface area contributed by atoms with Crippen LogP contribution in [-0.4, -0.2) is 16.6 Å². The van der Waals surface area contributed by atoms with Crippen LogP contribution in [0.3, 0.4) is 0 Å². The van der Waals surface area contributed by atoms with Crippen molar-refractivity contribution < 1.29 is 9.66 Å². The molecule has 2 rings (SSSR count). The molecule has 0 radical (unpaired) electrons. The van der Waals surface area contributed by atoms with E-state index in [-0.39, 0.29) is 5.69 Å². The molecule has 0 amide bonds. The second-order valence-electron chi connectivity index (χ2n) is 4.19. The molecule has 0 bridgehead atoms. The highest BCUT2D eigenvalue weighted by atomic mass is 16.6. The molecule has 0 spiro atoms. The summed E-state index contributed by atoms with van der Waals surface area (Å²) in [6, 6.07) is 6.67. The Balaban J connectivity index is 2.28. The number of non-ortho nitro benzene ring substituents is 1. The van der Waals surface area contributed by atoms with Crippen molar-refractivity contribution in [2.45, 2.75) is 13.1 Å². The van der Waals surface area contributed by atoms with Crippen LogP contribution in [0.25, 0.3) is 0 Å². The first-order chi connectivity index (χ1) is 9.12. The molecule has 0 unspecified atom stereocenters. The van der Waals surface area contributed by atoms with Crippen molar-refractivity contribution in [1.29, 1.82) is 0 Å². The van der Waals surface area contributed by atoms with Gasteiger partial charge in [-0.25, -0.2) is 0 Å². The summed E-state index contributed by atoms with van der Waals surface area (Å²) in [7, 11) is 1.49. The van der Waals surface area contributed by atoms with E-state index in [9.17, 15) is 10.1 Å². The van der Waals surface area contributed by atoms with Crippen LogP contribution in [0.2, 0.25) is 0 Å². The number of ether oxygens (including phenoxy) is 1. The molecule has 0 aliphatic rings. The zero-order chi connectivity index (χ0) is 13.8. The molecule has 0 aliphatic heterocycles. The Kier molecular flexibility index (Phi) is 3.82. The van der Waals surface area contributed by atoms with Gasteiger partial charge in [0.2, 0.25) is 0 Å². The van der Waals surface area contributed by atoms with Crippen molar-refractivity contribution >= 4 is 5.69 Å². The predicted molar refractivity (Wildman–Crippen MR) is 71.1 cm³/mol. The Hall–Kier alpha value is -2.34. The lowest BCUT2D eigenvalue weighted by atomic mass is 10.2. The number of hydrogen-bond acceptors (Lipinski definition) is 4. The second kappa shape index (κ2) is 5.53. The molecular formula is C13H15N3O3. The highest BCUT2D eigenvalue weighted by Gasteiger charge is 2.10. The number of methoxy groups -OCH3 is 1. The molecule has 19 heavy (non-hydrogen) atoms. The minimum atomic E-state index is -0.424. The highest BCUT2D eigenvalue weighted by molar-refractivity contribution is 5.43. The van der Waals surface area contributed by atoms with Gasteiger partial charge in [-0.05, 0) is 23.3 Å². The minimum Gasteiger partial charge on any atom is -0.496 e. The summed E-state index contributed by atoms with van der Waals surface area (Å²) in [5, 5.41) is 10.9. The molecule has 1 aromatic heterocycles. The summed E-state index contributed by atoms with van der Waals surface area (Å²) in [5.41, 5.74) is 7.41. The maximum atomic E-state index is 10.9. The lowest BCUT2D eigenvalue weighted by Crippen LogP contribution is -2.00. The summed E-state index contributed by atoms with van der Waals surface area (Å²) in [6.45, 7) is 1.02. The topological polar surface area (TPSA) is 83.3 Å². The molecule has 0 aliphatic carbocycles. The summed E-state index contributed by atoms with van der Waals surface area (Å²) in [4.78, 5) is 10.4. The van der Waals surface area contributed by atoms with E-state index in [0.717, 1.165) is 11.1 Å². The Morgan fingerprint density at radius 3 is 2.74 bits per heavy atom. The van der Waals surface area contributed by atoms with Gasteiger partial charge in [-0.1, -0.05) is 0 Å². The van der Waals surface area contributed by atoms with Crippen LogP contribution in [0, 0.1) is 10.1 Å². The normalized spacial score (nSPS) is 10.4. The SMILES string of the molecule is COc1cc(Cn2ccc(CN)c2)cc([N+](=O)[O-])c1. The van der Waals surface area contributed by atoms with E-state index in [1.165, 1.54) is 13.2 Å². The zero-order valence-electron chi connectivity index (χ0n) is 10.6. The third-order valence-electron chi connectivity index (χ3n) is 2.81. The van der Waals surface area contributed by atoms with Gasteiger partial charge < -0.3 is 15.0 Å².